The quantitative estimate of drug-likeness (QED) is 0.584. The lowest BCUT2D eigenvalue weighted by molar-refractivity contribution is 0.194. The molecule has 0 amide bonds. The third kappa shape index (κ3) is 3.76. The van der Waals surface area contributed by atoms with Crippen LogP contribution >= 0.6 is 0 Å². The molecule has 25 heavy (non-hydrogen) atoms. The molecular weight excluding hydrogens is 308 g/mol. The van der Waals surface area contributed by atoms with Crippen molar-refractivity contribution in [2.75, 3.05) is 0 Å². The maximum absolute atomic E-state index is 6.28. The highest BCUT2D eigenvalue weighted by atomic mass is 16.5. The molecule has 0 aliphatic rings. The standard InChI is InChI=1S/C22H26N2O/c1-5-9-21(18-10-7-6-8-11-18)25-20-14-12-19(13-15-20)22-16(2)23-24(4)17(22)3/h6-8,10-15,21H,5,9H2,1-4H3. The largest absolute Gasteiger partial charge is 0.486 e. The van der Waals surface area contributed by atoms with Gasteiger partial charge in [-0.25, -0.2) is 0 Å². The maximum atomic E-state index is 6.28. The Morgan fingerprint density at radius 3 is 2.24 bits per heavy atom. The van der Waals surface area contributed by atoms with Gasteiger partial charge in [-0.15, -0.1) is 0 Å². The molecule has 3 rings (SSSR count). The summed E-state index contributed by atoms with van der Waals surface area (Å²) in [4.78, 5) is 0. The van der Waals surface area contributed by atoms with E-state index in [1.165, 1.54) is 22.4 Å². The van der Waals surface area contributed by atoms with Gasteiger partial charge in [0.25, 0.3) is 0 Å². The first-order valence-electron chi connectivity index (χ1n) is 8.92. The van der Waals surface area contributed by atoms with Gasteiger partial charge in [-0.05, 0) is 43.5 Å². The summed E-state index contributed by atoms with van der Waals surface area (Å²) in [6.45, 7) is 6.35. The Balaban J connectivity index is 1.82. The fourth-order valence-corrected chi connectivity index (χ4v) is 3.28. The fourth-order valence-electron chi connectivity index (χ4n) is 3.28. The highest BCUT2D eigenvalue weighted by Crippen LogP contribution is 2.30. The predicted octanol–water partition coefficient (Wildman–Crippen LogP) is 5.62. The first kappa shape index (κ1) is 17.3. The molecular formula is C22H26N2O. The third-order valence-corrected chi connectivity index (χ3v) is 4.65. The normalized spacial score (nSPS) is 12.2. The van der Waals surface area contributed by atoms with Crippen molar-refractivity contribution < 1.29 is 4.74 Å². The lowest BCUT2D eigenvalue weighted by atomic mass is 10.0. The van der Waals surface area contributed by atoms with Crippen molar-refractivity contribution in [3.63, 3.8) is 0 Å². The molecule has 0 saturated heterocycles. The zero-order valence-corrected chi connectivity index (χ0v) is 15.5. The van der Waals surface area contributed by atoms with Crippen LogP contribution in [0.25, 0.3) is 11.1 Å². The van der Waals surface area contributed by atoms with Gasteiger partial charge in [0.05, 0.1) is 5.69 Å². The summed E-state index contributed by atoms with van der Waals surface area (Å²) >= 11 is 0. The van der Waals surface area contributed by atoms with E-state index in [1.54, 1.807) is 0 Å². The molecule has 0 spiro atoms. The molecule has 1 unspecified atom stereocenters. The second kappa shape index (κ2) is 7.56. The molecule has 130 valence electrons. The van der Waals surface area contributed by atoms with Crippen LogP contribution in [0.5, 0.6) is 5.75 Å². The van der Waals surface area contributed by atoms with Crippen LogP contribution in [0.3, 0.4) is 0 Å². The van der Waals surface area contributed by atoms with Crippen LogP contribution in [0.15, 0.2) is 54.6 Å². The summed E-state index contributed by atoms with van der Waals surface area (Å²) in [7, 11) is 1.98. The van der Waals surface area contributed by atoms with Gasteiger partial charge in [-0.2, -0.15) is 5.10 Å². The van der Waals surface area contributed by atoms with Crippen LogP contribution in [0.1, 0.15) is 42.8 Å². The van der Waals surface area contributed by atoms with E-state index in [9.17, 15) is 0 Å². The van der Waals surface area contributed by atoms with Crippen molar-refractivity contribution >= 4 is 0 Å². The first-order chi connectivity index (χ1) is 12.1. The minimum Gasteiger partial charge on any atom is -0.486 e. The van der Waals surface area contributed by atoms with Gasteiger partial charge in [-0.1, -0.05) is 55.8 Å². The zero-order valence-electron chi connectivity index (χ0n) is 15.5. The van der Waals surface area contributed by atoms with Gasteiger partial charge in [0.15, 0.2) is 0 Å². The second-order valence-corrected chi connectivity index (χ2v) is 6.50. The van der Waals surface area contributed by atoms with Crippen molar-refractivity contribution in [3.8, 4) is 16.9 Å². The Bertz CT molecular complexity index is 819. The molecule has 1 heterocycles. The van der Waals surface area contributed by atoms with Crippen LogP contribution in [0.4, 0.5) is 0 Å². The number of aryl methyl sites for hydroxylation is 2. The maximum Gasteiger partial charge on any atom is 0.124 e. The van der Waals surface area contributed by atoms with Gasteiger partial charge in [-0.3, -0.25) is 4.68 Å². The number of rotatable bonds is 6. The molecule has 0 bridgehead atoms. The lowest BCUT2D eigenvalue weighted by Crippen LogP contribution is -2.07. The lowest BCUT2D eigenvalue weighted by Gasteiger charge is -2.19. The topological polar surface area (TPSA) is 27.1 Å². The number of hydrogen-bond acceptors (Lipinski definition) is 2. The molecule has 0 N–H and O–H groups in total. The van der Waals surface area contributed by atoms with E-state index in [0.29, 0.717) is 0 Å². The smallest absolute Gasteiger partial charge is 0.124 e. The van der Waals surface area contributed by atoms with E-state index < -0.39 is 0 Å². The van der Waals surface area contributed by atoms with E-state index in [0.717, 1.165) is 24.3 Å². The zero-order chi connectivity index (χ0) is 17.8. The molecule has 0 radical (unpaired) electrons. The van der Waals surface area contributed by atoms with Crippen molar-refractivity contribution in [2.24, 2.45) is 7.05 Å². The summed E-state index contributed by atoms with van der Waals surface area (Å²) in [5, 5.41) is 4.51. The molecule has 2 aromatic carbocycles. The van der Waals surface area contributed by atoms with E-state index in [2.05, 4.69) is 74.4 Å². The number of ether oxygens (including phenoxy) is 1. The molecule has 0 aliphatic heterocycles. The SMILES string of the molecule is CCCC(Oc1ccc(-c2c(C)nn(C)c2C)cc1)c1ccccc1. The number of nitrogens with zero attached hydrogens (tertiary/aromatic N) is 2. The summed E-state index contributed by atoms with van der Waals surface area (Å²) in [6.07, 6.45) is 2.19. The molecule has 3 heteroatoms. The van der Waals surface area contributed by atoms with Crippen LogP contribution in [0.2, 0.25) is 0 Å². The number of aromatic nitrogens is 2. The molecule has 3 aromatic rings. The van der Waals surface area contributed by atoms with Crippen molar-refractivity contribution in [1.29, 1.82) is 0 Å². The van der Waals surface area contributed by atoms with Gasteiger partial charge in [0, 0.05) is 18.3 Å². The highest BCUT2D eigenvalue weighted by Gasteiger charge is 2.14. The number of hydrogen-bond donors (Lipinski definition) is 0. The van der Waals surface area contributed by atoms with Crippen LogP contribution in [-0.2, 0) is 7.05 Å². The Morgan fingerprint density at radius 1 is 1.00 bits per heavy atom. The van der Waals surface area contributed by atoms with Gasteiger partial charge in [0.1, 0.15) is 11.9 Å². The van der Waals surface area contributed by atoms with Gasteiger partial charge < -0.3 is 4.74 Å². The minimum absolute atomic E-state index is 0.0962. The van der Waals surface area contributed by atoms with E-state index >= 15 is 0 Å². The summed E-state index contributed by atoms with van der Waals surface area (Å²) in [5.41, 5.74) is 5.86. The van der Waals surface area contributed by atoms with Crippen molar-refractivity contribution in [2.45, 2.75) is 39.7 Å². The first-order valence-corrected chi connectivity index (χ1v) is 8.92. The highest BCUT2D eigenvalue weighted by molar-refractivity contribution is 5.69. The van der Waals surface area contributed by atoms with E-state index in [4.69, 9.17) is 4.74 Å². The van der Waals surface area contributed by atoms with Crippen LogP contribution in [-0.4, -0.2) is 9.78 Å². The van der Waals surface area contributed by atoms with Crippen LogP contribution in [0, 0.1) is 13.8 Å². The second-order valence-electron chi connectivity index (χ2n) is 6.50. The average Bonchev–Trinajstić information content (AvgIpc) is 2.88. The summed E-state index contributed by atoms with van der Waals surface area (Å²) in [5.74, 6) is 0.908. The van der Waals surface area contributed by atoms with Crippen molar-refractivity contribution in [3.05, 3.63) is 71.5 Å². The van der Waals surface area contributed by atoms with Crippen molar-refractivity contribution in [1.82, 2.24) is 9.78 Å². The Morgan fingerprint density at radius 2 is 1.68 bits per heavy atom. The predicted molar refractivity (Wildman–Crippen MR) is 103 cm³/mol. The molecule has 1 atom stereocenters. The van der Waals surface area contributed by atoms with Gasteiger partial charge in [0.2, 0.25) is 0 Å². The fraction of sp³-hybridized carbons (Fsp3) is 0.318. The Hall–Kier alpha value is -2.55. The van der Waals surface area contributed by atoms with E-state index in [1.807, 2.05) is 17.8 Å². The average molecular weight is 334 g/mol. The molecule has 0 aliphatic carbocycles. The molecule has 1 aromatic heterocycles. The molecule has 0 fully saturated rings. The minimum atomic E-state index is 0.0962. The monoisotopic (exact) mass is 334 g/mol. The summed E-state index contributed by atoms with van der Waals surface area (Å²) < 4.78 is 8.21. The van der Waals surface area contributed by atoms with Crippen LogP contribution < -0.4 is 4.74 Å². The summed E-state index contributed by atoms with van der Waals surface area (Å²) in [6, 6.07) is 18.8. The Kier molecular flexibility index (Phi) is 5.22. The van der Waals surface area contributed by atoms with E-state index in [-0.39, 0.29) is 6.10 Å². The Labute approximate surface area is 150 Å². The molecule has 0 saturated carbocycles. The third-order valence-electron chi connectivity index (χ3n) is 4.65. The molecule has 3 nitrogen and oxygen atoms in total. The van der Waals surface area contributed by atoms with Gasteiger partial charge >= 0.3 is 0 Å². The number of benzene rings is 2.